The standard InChI is InChI=1S/C17H18INO2/c1-3-9-21-17-15(18)10-13(11-16(17)20-2)12-19-14-7-5-4-6-8-14/h3-8,10-11,19H,1,9,12H2,2H3. The van der Waals surface area contributed by atoms with E-state index in [1.54, 1.807) is 13.2 Å². The van der Waals surface area contributed by atoms with Crippen LogP contribution in [0.15, 0.2) is 55.1 Å². The molecule has 110 valence electrons. The monoisotopic (exact) mass is 395 g/mol. The lowest BCUT2D eigenvalue weighted by Crippen LogP contribution is -2.03. The molecular weight excluding hydrogens is 377 g/mol. The molecule has 0 aliphatic heterocycles. The molecule has 0 radical (unpaired) electrons. The maximum atomic E-state index is 5.65. The lowest BCUT2D eigenvalue weighted by molar-refractivity contribution is 0.324. The Bertz CT molecular complexity index is 599. The third kappa shape index (κ3) is 4.39. The van der Waals surface area contributed by atoms with Gasteiger partial charge in [0.25, 0.3) is 0 Å². The minimum Gasteiger partial charge on any atom is -0.493 e. The zero-order valence-corrected chi connectivity index (χ0v) is 14.1. The molecule has 0 unspecified atom stereocenters. The van der Waals surface area contributed by atoms with E-state index in [2.05, 4.69) is 40.6 Å². The van der Waals surface area contributed by atoms with E-state index in [9.17, 15) is 0 Å². The molecule has 0 amide bonds. The van der Waals surface area contributed by atoms with Gasteiger partial charge in [-0.25, -0.2) is 0 Å². The number of methoxy groups -OCH3 is 1. The summed E-state index contributed by atoms with van der Waals surface area (Å²) in [5.41, 5.74) is 2.24. The fourth-order valence-corrected chi connectivity index (χ4v) is 2.74. The molecule has 21 heavy (non-hydrogen) atoms. The van der Waals surface area contributed by atoms with Crippen molar-refractivity contribution in [2.45, 2.75) is 6.54 Å². The highest BCUT2D eigenvalue weighted by Crippen LogP contribution is 2.34. The normalized spacial score (nSPS) is 10.0. The van der Waals surface area contributed by atoms with Crippen molar-refractivity contribution >= 4 is 28.3 Å². The average molecular weight is 395 g/mol. The molecule has 0 bridgehead atoms. The number of nitrogens with one attached hydrogen (secondary N) is 1. The number of para-hydroxylation sites is 1. The summed E-state index contributed by atoms with van der Waals surface area (Å²) < 4.78 is 12.1. The summed E-state index contributed by atoms with van der Waals surface area (Å²) in [7, 11) is 1.65. The molecule has 0 aliphatic rings. The first-order valence-corrected chi connectivity index (χ1v) is 7.71. The summed E-state index contributed by atoms with van der Waals surface area (Å²) in [5.74, 6) is 1.51. The van der Waals surface area contributed by atoms with Gasteiger partial charge in [0.1, 0.15) is 6.61 Å². The Balaban J connectivity index is 2.13. The Kier molecular flexibility index (Phi) is 5.92. The van der Waals surface area contributed by atoms with Gasteiger partial charge >= 0.3 is 0 Å². The molecule has 3 nitrogen and oxygen atoms in total. The van der Waals surface area contributed by atoms with E-state index < -0.39 is 0 Å². The first kappa shape index (κ1) is 15.7. The Morgan fingerprint density at radius 2 is 2.00 bits per heavy atom. The summed E-state index contributed by atoms with van der Waals surface area (Å²) in [6.45, 7) is 4.86. The number of ether oxygens (including phenoxy) is 2. The van der Waals surface area contributed by atoms with Crippen LogP contribution in [-0.2, 0) is 6.54 Å². The van der Waals surface area contributed by atoms with Crippen LogP contribution in [0.2, 0.25) is 0 Å². The van der Waals surface area contributed by atoms with Crippen LogP contribution in [0, 0.1) is 3.57 Å². The lowest BCUT2D eigenvalue weighted by Gasteiger charge is -2.14. The van der Waals surface area contributed by atoms with Crippen molar-refractivity contribution in [3.63, 3.8) is 0 Å². The van der Waals surface area contributed by atoms with Crippen LogP contribution in [0.5, 0.6) is 11.5 Å². The first-order valence-electron chi connectivity index (χ1n) is 6.63. The zero-order valence-electron chi connectivity index (χ0n) is 11.9. The minimum absolute atomic E-state index is 0.466. The van der Waals surface area contributed by atoms with E-state index in [0.717, 1.165) is 32.9 Å². The summed E-state index contributed by atoms with van der Waals surface area (Å²) >= 11 is 2.26. The molecule has 0 aliphatic carbocycles. The quantitative estimate of drug-likeness (QED) is 0.554. The van der Waals surface area contributed by atoms with E-state index in [4.69, 9.17) is 9.47 Å². The van der Waals surface area contributed by atoms with Crippen molar-refractivity contribution in [3.8, 4) is 11.5 Å². The number of hydrogen-bond donors (Lipinski definition) is 1. The van der Waals surface area contributed by atoms with Gasteiger partial charge in [-0.05, 0) is 52.4 Å². The van der Waals surface area contributed by atoms with Gasteiger partial charge in [0.05, 0.1) is 10.7 Å². The summed E-state index contributed by atoms with van der Waals surface area (Å²) in [5, 5.41) is 3.39. The Hall–Kier alpha value is -1.69. The molecular formula is C17H18INO2. The second kappa shape index (κ2) is 7.93. The molecule has 0 saturated carbocycles. The van der Waals surface area contributed by atoms with Gasteiger partial charge in [-0.15, -0.1) is 0 Å². The number of rotatable bonds is 7. The van der Waals surface area contributed by atoms with Crippen molar-refractivity contribution in [3.05, 3.63) is 64.3 Å². The van der Waals surface area contributed by atoms with E-state index >= 15 is 0 Å². The van der Waals surface area contributed by atoms with Crippen LogP contribution in [-0.4, -0.2) is 13.7 Å². The van der Waals surface area contributed by atoms with Gasteiger partial charge in [-0.1, -0.05) is 30.9 Å². The molecule has 2 aromatic rings. The van der Waals surface area contributed by atoms with Crippen molar-refractivity contribution in [2.24, 2.45) is 0 Å². The summed E-state index contributed by atoms with van der Waals surface area (Å²) in [6, 6.07) is 14.2. The maximum Gasteiger partial charge on any atom is 0.174 e. The number of halogens is 1. The van der Waals surface area contributed by atoms with Crippen molar-refractivity contribution in [1.29, 1.82) is 0 Å². The molecule has 0 atom stereocenters. The highest BCUT2D eigenvalue weighted by molar-refractivity contribution is 14.1. The Morgan fingerprint density at radius 1 is 1.24 bits per heavy atom. The summed E-state index contributed by atoms with van der Waals surface area (Å²) in [4.78, 5) is 0. The van der Waals surface area contributed by atoms with Crippen molar-refractivity contribution < 1.29 is 9.47 Å². The largest absolute Gasteiger partial charge is 0.493 e. The van der Waals surface area contributed by atoms with Crippen LogP contribution in [0.1, 0.15) is 5.56 Å². The number of anilines is 1. The highest BCUT2D eigenvalue weighted by atomic mass is 127. The van der Waals surface area contributed by atoms with Gasteiger partial charge in [0.2, 0.25) is 0 Å². The van der Waals surface area contributed by atoms with Gasteiger partial charge in [-0.2, -0.15) is 0 Å². The molecule has 2 aromatic carbocycles. The highest BCUT2D eigenvalue weighted by Gasteiger charge is 2.11. The summed E-state index contributed by atoms with van der Waals surface area (Å²) in [6.07, 6.45) is 1.72. The topological polar surface area (TPSA) is 30.5 Å². The number of hydrogen-bond acceptors (Lipinski definition) is 3. The van der Waals surface area contributed by atoms with E-state index in [0.29, 0.717) is 6.61 Å². The first-order chi connectivity index (χ1) is 10.2. The van der Waals surface area contributed by atoms with Gasteiger partial charge < -0.3 is 14.8 Å². The van der Waals surface area contributed by atoms with Crippen LogP contribution in [0.25, 0.3) is 0 Å². The fourth-order valence-electron chi connectivity index (χ4n) is 1.92. The number of benzene rings is 2. The van der Waals surface area contributed by atoms with E-state index in [-0.39, 0.29) is 0 Å². The van der Waals surface area contributed by atoms with Crippen LogP contribution in [0.4, 0.5) is 5.69 Å². The van der Waals surface area contributed by atoms with E-state index in [1.807, 2.05) is 36.4 Å². The van der Waals surface area contributed by atoms with Crippen LogP contribution >= 0.6 is 22.6 Å². The van der Waals surface area contributed by atoms with Crippen molar-refractivity contribution in [2.75, 3.05) is 19.0 Å². The lowest BCUT2D eigenvalue weighted by atomic mass is 10.2. The van der Waals surface area contributed by atoms with Gasteiger partial charge in [0, 0.05) is 12.2 Å². The van der Waals surface area contributed by atoms with E-state index in [1.165, 1.54) is 0 Å². The third-order valence-corrected chi connectivity index (χ3v) is 3.71. The Morgan fingerprint density at radius 3 is 2.67 bits per heavy atom. The smallest absolute Gasteiger partial charge is 0.174 e. The minimum atomic E-state index is 0.466. The molecule has 0 heterocycles. The molecule has 4 heteroatoms. The fraction of sp³-hybridized carbons (Fsp3) is 0.176. The molecule has 1 N–H and O–H groups in total. The Labute approximate surface area is 139 Å². The second-order valence-electron chi connectivity index (χ2n) is 4.43. The van der Waals surface area contributed by atoms with Gasteiger partial charge in [-0.3, -0.25) is 0 Å². The van der Waals surface area contributed by atoms with Crippen molar-refractivity contribution in [1.82, 2.24) is 0 Å². The molecule has 0 fully saturated rings. The molecule has 0 spiro atoms. The predicted molar refractivity (Wildman–Crippen MR) is 95.2 cm³/mol. The van der Waals surface area contributed by atoms with Crippen LogP contribution < -0.4 is 14.8 Å². The van der Waals surface area contributed by atoms with Crippen LogP contribution in [0.3, 0.4) is 0 Å². The third-order valence-electron chi connectivity index (χ3n) is 2.91. The molecule has 0 aromatic heterocycles. The maximum absolute atomic E-state index is 5.65. The molecule has 2 rings (SSSR count). The predicted octanol–water partition coefficient (Wildman–Crippen LogP) is 4.48. The SMILES string of the molecule is C=CCOc1c(I)cc(CNc2ccccc2)cc1OC. The average Bonchev–Trinajstić information content (AvgIpc) is 2.52. The second-order valence-corrected chi connectivity index (χ2v) is 5.59. The molecule has 0 saturated heterocycles. The van der Waals surface area contributed by atoms with Gasteiger partial charge in [0.15, 0.2) is 11.5 Å². The zero-order chi connectivity index (χ0) is 15.1.